The largest absolute Gasteiger partial charge is 0.364 e. The number of carbonyl (C=O) groups is 2. The normalized spacial score (nSPS) is 24.3. The predicted octanol–water partition coefficient (Wildman–Crippen LogP) is 0.458. The SMILES string of the molecule is C=CCN1C(=O)CO[C@@H]2CN(C(=O)c3ccncc3F)C[C@H]21. The van der Waals surface area contributed by atoms with Crippen LogP contribution in [-0.2, 0) is 9.53 Å². The molecule has 6 nitrogen and oxygen atoms in total. The van der Waals surface area contributed by atoms with E-state index in [-0.39, 0.29) is 30.2 Å². The van der Waals surface area contributed by atoms with Crippen LogP contribution in [0.4, 0.5) is 4.39 Å². The fraction of sp³-hybridized carbons (Fsp3) is 0.400. The predicted molar refractivity (Wildman–Crippen MR) is 75.5 cm³/mol. The van der Waals surface area contributed by atoms with Crippen LogP contribution in [0, 0.1) is 5.82 Å². The van der Waals surface area contributed by atoms with Crippen molar-refractivity contribution in [3.8, 4) is 0 Å². The Kier molecular flexibility index (Phi) is 3.89. The first-order valence-electron chi connectivity index (χ1n) is 7.02. The number of aromatic nitrogens is 1. The number of carbonyl (C=O) groups excluding carboxylic acids is 2. The number of nitrogens with zero attached hydrogens (tertiary/aromatic N) is 3. The first kappa shape index (κ1) is 14.6. The van der Waals surface area contributed by atoms with E-state index in [4.69, 9.17) is 4.74 Å². The average Bonchev–Trinajstić information content (AvgIpc) is 2.94. The molecule has 2 fully saturated rings. The van der Waals surface area contributed by atoms with Gasteiger partial charge in [-0.1, -0.05) is 6.08 Å². The summed E-state index contributed by atoms with van der Waals surface area (Å²) in [6, 6.07) is 1.14. The van der Waals surface area contributed by atoms with Crippen LogP contribution in [0.5, 0.6) is 0 Å². The molecule has 7 heteroatoms. The van der Waals surface area contributed by atoms with E-state index in [0.717, 1.165) is 6.20 Å². The van der Waals surface area contributed by atoms with E-state index in [2.05, 4.69) is 11.6 Å². The number of pyridine rings is 1. The molecule has 1 aromatic heterocycles. The number of rotatable bonds is 3. The van der Waals surface area contributed by atoms with E-state index < -0.39 is 11.7 Å². The molecule has 22 heavy (non-hydrogen) atoms. The van der Waals surface area contributed by atoms with Crippen LogP contribution in [0.1, 0.15) is 10.4 Å². The van der Waals surface area contributed by atoms with Crippen LogP contribution >= 0.6 is 0 Å². The second-order valence-electron chi connectivity index (χ2n) is 5.32. The fourth-order valence-electron chi connectivity index (χ4n) is 2.93. The lowest BCUT2D eigenvalue weighted by Gasteiger charge is -2.35. The van der Waals surface area contributed by atoms with Gasteiger partial charge in [0.05, 0.1) is 23.9 Å². The Morgan fingerprint density at radius 2 is 2.36 bits per heavy atom. The molecule has 0 saturated carbocycles. The highest BCUT2D eigenvalue weighted by Gasteiger charge is 2.44. The highest BCUT2D eigenvalue weighted by molar-refractivity contribution is 5.94. The Morgan fingerprint density at radius 3 is 3.09 bits per heavy atom. The minimum absolute atomic E-state index is 0.000650. The monoisotopic (exact) mass is 305 g/mol. The molecule has 1 aromatic rings. The van der Waals surface area contributed by atoms with E-state index >= 15 is 0 Å². The minimum Gasteiger partial charge on any atom is -0.364 e. The highest BCUT2D eigenvalue weighted by atomic mass is 19.1. The third kappa shape index (κ3) is 2.48. The number of hydrogen-bond acceptors (Lipinski definition) is 4. The fourth-order valence-corrected chi connectivity index (χ4v) is 2.93. The summed E-state index contributed by atoms with van der Waals surface area (Å²) in [5.74, 6) is -1.18. The van der Waals surface area contributed by atoms with Gasteiger partial charge >= 0.3 is 0 Å². The molecule has 2 amide bonds. The maximum absolute atomic E-state index is 13.7. The molecular weight excluding hydrogens is 289 g/mol. The Hall–Kier alpha value is -2.28. The summed E-state index contributed by atoms with van der Waals surface area (Å²) in [5.41, 5.74) is -0.0183. The van der Waals surface area contributed by atoms with Gasteiger partial charge in [0.25, 0.3) is 5.91 Å². The lowest BCUT2D eigenvalue weighted by molar-refractivity contribution is -0.151. The maximum Gasteiger partial charge on any atom is 0.257 e. The molecule has 2 saturated heterocycles. The van der Waals surface area contributed by atoms with Crippen LogP contribution in [0.3, 0.4) is 0 Å². The summed E-state index contributed by atoms with van der Waals surface area (Å²) in [5, 5.41) is 0. The van der Waals surface area contributed by atoms with Crippen molar-refractivity contribution in [3.63, 3.8) is 0 Å². The second-order valence-corrected chi connectivity index (χ2v) is 5.32. The van der Waals surface area contributed by atoms with E-state index in [1.807, 2.05) is 0 Å². The summed E-state index contributed by atoms with van der Waals surface area (Å²) in [7, 11) is 0. The molecule has 3 rings (SSSR count). The molecule has 2 aliphatic heterocycles. The number of amides is 2. The molecule has 0 spiro atoms. The highest BCUT2D eigenvalue weighted by Crippen LogP contribution is 2.25. The number of hydrogen-bond donors (Lipinski definition) is 0. The van der Waals surface area contributed by atoms with Gasteiger partial charge in [-0.25, -0.2) is 4.39 Å². The molecule has 0 aliphatic carbocycles. The molecule has 0 bridgehead atoms. The van der Waals surface area contributed by atoms with Gasteiger partial charge in [-0.3, -0.25) is 14.6 Å². The van der Waals surface area contributed by atoms with Crippen molar-refractivity contribution in [2.75, 3.05) is 26.2 Å². The van der Waals surface area contributed by atoms with Gasteiger partial charge in [-0.15, -0.1) is 6.58 Å². The molecular formula is C15H16FN3O3. The topological polar surface area (TPSA) is 62.7 Å². The van der Waals surface area contributed by atoms with Crippen LogP contribution < -0.4 is 0 Å². The summed E-state index contributed by atoms with van der Waals surface area (Å²) in [6.45, 7) is 4.72. The van der Waals surface area contributed by atoms with Gasteiger partial charge in [0.2, 0.25) is 5.91 Å². The molecule has 0 radical (unpaired) electrons. The second kappa shape index (κ2) is 5.84. The molecule has 2 atom stereocenters. The lowest BCUT2D eigenvalue weighted by atomic mass is 10.1. The van der Waals surface area contributed by atoms with Crippen LogP contribution in [0.15, 0.2) is 31.1 Å². The maximum atomic E-state index is 13.7. The zero-order valence-corrected chi connectivity index (χ0v) is 11.9. The summed E-state index contributed by atoms with van der Waals surface area (Å²) in [4.78, 5) is 31.2. The lowest BCUT2D eigenvalue weighted by Crippen LogP contribution is -2.53. The Labute approximate surface area is 127 Å². The smallest absolute Gasteiger partial charge is 0.257 e. The first-order chi connectivity index (χ1) is 10.6. The van der Waals surface area contributed by atoms with Crippen LogP contribution in [-0.4, -0.2) is 65.0 Å². The number of ether oxygens (including phenoxy) is 1. The molecule has 3 heterocycles. The molecule has 0 aromatic carbocycles. The minimum atomic E-state index is -0.651. The molecule has 2 aliphatic rings. The molecule has 0 N–H and O–H groups in total. The van der Waals surface area contributed by atoms with Gasteiger partial charge in [0.1, 0.15) is 6.61 Å². The van der Waals surface area contributed by atoms with E-state index in [1.165, 1.54) is 17.2 Å². The zero-order chi connectivity index (χ0) is 15.7. The van der Waals surface area contributed by atoms with E-state index in [0.29, 0.717) is 19.6 Å². The van der Waals surface area contributed by atoms with Gasteiger partial charge < -0.3 is 14.5 Å². The number of fused-ring (bicyclic) bond motifs is 1. The third-order valence-corrected chi connectivity index (χ3v) is 3.99. The Balaban J connectivity index is 1.79. The van der Waals surface area contributed by atoms with Crippen molar-refractivity contribution in [1.29, 1.82) is 0 Å². The van der Waals surface area contributed by atoms with Crippen molar-refractivity contribution >= 4 is 11.8 Å². The van der Waals surface area contributed by atoms with Crippen molar-refractivity contribution < 1.29 is 18.7 Å². The number of likely N-dealkylation sites (tertiary alicyclic amines) is 1. The summed E-state index contributed by atoms with van der Waals surface area (Å²) in [6.07, 6.45) is 3.79. The summed E-state index contributed by atoms with van der Waals surface area (Å²) >= 11 is 0. The average molecular weight is 305 g/mol. The number of halogens is 1. The van der Waals surface area contributed by atoms with Crippen molar-refractivity contribution in [2.24, 2.45) is 0 Å². The zero-order valence-electron chi connectivity index (χ0n) is 11.9. The Morgan fingerprint density at radius 1 is 1.55 bits per heavy atom. The molecule has 116 valence electrons. The van der Waals surface area contributed by atoms with E-state index in [9.17, 15) is 14.0 Å². The third-order valence-electron chi connectivity index (χ3n) is 3.99. The number of morpholine rings is 1. The van der Waals surface area contributed by atoms with Crippen molar-refractivity contribution in [2.45, 2.75) is 12.1 Å². The van der Waals surface area contributed by atoms with Crippen molar-refractivity contribution in [1.82, 2.24) is 14.8 Å². The van der Waals surface area contributed by atoms with Crippen LogP contribution in [0.25, 0.3) is 0 Å². The van der Waals surface area contributed by atoms with Gasteiger partial charge in [0, 0.05) is 25.8 Å². The van der Waals surface area contributed by atoms with Gasteiger partial charge in [-0.05, 0) is 6.07 Å². The first-order valence-corrected chi connectivity index (χ1v) is 7.02. The quantitative estimate of drug-likeness (QED) is 0.761. The van der Waals surface area contributed by atoms with Crippen molar-refractivity contribution in [3.05, 3.63) is 42.5 Å². The Bertz CT molecular complexity index is 622. The molecule has 0 unspecified atom stereocenters. The van der Waals surface area contributed by atoms with E-state index in [1.54, 1.807) is 11.0 Å². The van der Waals surface area contributed by atoms with Gasteiger partial charge in [-0.2, -0.15) is 0 Å². The van der Waals surface area contributed by atoms with Gasteiger partial charge in [0.15, 0.2) is 5.82 Å². The van der Waals surface area contributed by atoms with Crippen LogP contribution in [0.2, 0.25) is 0 Å². The summed E-state index contributed by atoms with van der Waals surface area (Å²) < 4.78 is 19.2. The standard InChI is InChI=1S/C15H16FN3O3/c1-2-5-19-12-7-18(8-13(12)22-9-14(19)20)15(21)10-3-4-17-6-11(10)16/h2-4,6,12-13H,1,5,7-9H2/t12-,13-/m1/s1.